The van der Waals surface area contributed by atoms with Gasteiger partial charge < -0.3 is 0 Å². The highest BCUT2D eigenvalue weighted by Gasteiger charge is 2.37. The first kappa shape index (κ1) is 12.0. The van der Waals surface area contributed by atoms with Gasteiger partial charge in [-0.15, -0.1) is 0 Å². The Balaban J connectivity index is 1.95. The summed E-state index contributed by atoms with van der Waals surface area (Å²) in [4.78, 5) is 12.3. The Morgan fingerprint density at radius 3 is 2.78 bits per heavy atom. The molecule has 1 unspecified atom stereocenters. The Bertz CT molecular complexity index is 542. The molecule has 0 N–H and O–H groups in total. The number of carbonyl (C=O) groups is 1. The molecule has 3 nitrogen and oxygen atoms in total. The molecule has 1 atom stereocenters. The van der Waals surface area contributed by atoms with Crippen LogP contribution in [0.3, 0.4) is 0 Å². The summed E-state index contributed by atoms with van der Waals surface area (Å²) >= 11 is 11.8. The Morgan fingerprint density at radius 2 is 2.06 bits per heavy atom. The average molecular weight is 283 g/mol. The lowest BCUT2D eigenvalue weighted by atomic mass is 9.87. The minimum absolute atomic E-state index is 0.0202. The van der Waals surface area contributed by atoms with E-state index in [1.165, 1.54) is 5.01 Å². The van der Waals surface area contributed by atoms with Crippen LogP contribution in [-0.4, -0.2) is 11.6 Å². The lowest BCUT2D eigenvalue weighted by molar-refractivity contribution is -0.120. The van der Waals surface area contributed by atoms with E-state index >= 15 is 0 Å². The Hall–Kier alpha value is -1.06. The first-order valence-corrected chi connectivity index (χ1v) is 6.79. The molecule has 3 rings (SSSR count). The molecule has 1 aliphatic heterocycles. The first-order valence-electron chi connectivity index (χ1n) is 6.03. The fourth-order valence-electron chi connectivity index (χ4n) is 2.51. The number of amides is 1. The monoisotopic (exact) mass is 282 g/mol. The smallest absolute Gasteiger partial charge is 0.256 e. The van der Waals surface area contributed by atoms with E-state index in [-0.39, 0.29) is 11.8 Å². The molecule has 5 heteroatoms. The van der Waals surface area contributed by atoms with Gasteiger partial charge in [0.2, 0.25) is 0 Å². The van der Waals surface area contributed by atoms with Crippen LogP contribution < -0.4 is 5.01 Å². The third-order valence-electron chi connectivity index (χ3n) is 3.46. The summed E-state index contributed by atoms with van der Waals surface area (Å²) < 4.78 is 0. The number of fused-ring (bicyclic) bond motifs is 1. The summed E-state index contributed by atoms with van der Waals surface area (Å²) in [6, 6.07) is 5.14. The summed E-state index contributed by atoms with van der Waals surface area (Å²) in [5, 5.41) is 6.82. The predicted octanol–water partition coefficient (Wildman–Crippen LogP) is 3.89. The second kappa shape index (κ2) is 4.56. The molecule has 1 heterocycles. The van der Waals surface area contributed by atoms with Crippen molar-refractivity contribution in [3.05, 3.63) is 28.2 Å². The van der Waals surface area contributed by atoms with Crippen LogP contribution >= 0.6 is 23.2 Å². The number of hydrogen-bond acceptors (Lipinski definition) is 2. The Kier molecular flexibility index (Phi) is 3.04. The van der Waals surface area contributed by atoms with E-state index in [9.17, 15) is 4.79 Å². The average Bonchev–Trinajstić information content (AvgIpc) is 2.71. The second-order valence-corrected chi connectivity index (χ2v) is 5.45. The van der Waals surface area contributed by atoms with Gasteiger partial charge in [0, 0.05) is 0 Å². The molecule has 0 saturated heterocycles. The number of halogens is 2. The predicted molar refractivity (Wildman–Crippen MR) is 73.3 cm³/mol. The molecule has 1 fully saturated rings. The van der Waals surface area contributed by atoms with Gasteiger partial charge in [0.15, 0.2) is 0 Å². The molecule has 94 valence electrons. The van der Waals surface area contributed by atoms with Crippen LogP contribution in [0.2, 0.25) is 10.0 Å². The zero-order chi connectivity index (χ0) is 12.7. The van der Waals surface area contributed by atoms with Gasteiger partial charge in [0.1, 0.15) is 0 Å². The summed E-state index contributed by atoms with van der Waals surface area (Å²) in [5.41, 5.74) is 1.70. The van der Waals surface area contributed by atoms with E-state index in [0.29, 0.717) is 15.7 Å². The van der Waals surface area contributed by atoms with Gasteiger partial charge in [-0.3, -0.25) is 4.79 Å². The molecule has 18 heavy (non-hydrogen) atoms. The Morgan fingerprint density at radius 1 is 1.22 bits per heavy atom. The van der Waals surface area contributed by atoms with E-state index in [1.807, 2.05) is 0 Å². The highest BCUT2D eigenvalue weighted by molar-refractivity contribution is 6.42. The van der Waals surface area contributed by atoms with Crippen molar-refractivity contribution in [1.82, 2.24) is 0 Å². The van der Waals surface area contributed by atoms with Crippen molar-refractivity contribution < 1.29 is 4.79 Å². The summed E-state index contributed by atoms with van der Waals surface area (Å²) in [6.45, 7) is 0. The van der Waals surface area contributed by atoms with Crippen molar-refractivity contribution >= 4 is 40.5 Å². The topological polar surface area (TPSA) is 32.7 Å². The van der Waals surface area contributed by atoms with Crippen molar-refractivity contribution in [2.45, 2.75) is 25.7 Å². The van der Waals surface area contributed by atoms with Gasteiger partial charge >= 0.3 is 0 Å². The minimum Gasteiger partial charge on any atom is -0.272 e. The lowest BCUT2D eigenvalue weighted by Gasteiger charge is -2.17. The first-order chi connectivity index (χ1) is 8.66. The van der Waals surface area contributed by atoms with Crippen molar-refractivity contribution in [2.24, 2.45) is 11.0 Å². The van der Waals surface area contributed by atoms with Gasteiger partial charge in [-0.25, -0.2) is 5.01 Å². The number of hydrogen-bond donors (Lipinski definition) is 0. The number of nitrogens with zero attached hydrogens (tertiary/aromatic N) is 2. The maximum absolute atomic E-state index is 12.3. The van der Waals surface area contributed by atoms with Crippen LogP contribution in [0, 0.1) is 5.92 Å². The molecule has 1 saturated carbocycles. The van der Waals surface area contributed by atoms with E-state index in [1.54, 1.807) is 18.2 Å². The molecule has 1 aromatic carbocycles. The third-order valence-corrected chi connectivity index (χ3v) is 4.20. The van der Waals surface area contributed by atoms with Crippen LogP contribution in [-0.2, 0) is 4.79 Å². The SMILES string of the molecule is O=C1C2CCCCC2=NN1c1ccc(Cl)c(Cl)c1. The fraction of sp³-hybridized carbons (Fsp3) is 0.385. The van der Waals surface area contributed by atoms with Crippen molar-refractivity contribution in [3.8, 4) is 0 Å². The molecule has 1 aromatic rings. The molecular weight excluding hydrogens is 271 g/mol. The van der Waals surface area contributed by atoms with Gasteiger partial charge in [0.25, 0.3) is 5.91 Å². The van der Waals surface area contributed by atoms with Crippen LogP contribution in [0.15, 0.2) is 23.3 Å². The van der Waals surface area contributed by atoms with Crippen LogP contribution in [0.1, 0.15) is 25.7 Å². The molecule has 0 bridgehead atoms. The normalized spacial score (nSPS) is 23.0. The highest BCUT2D eigenvalue weighted by atomic mass is 35.5. The molecule has 1 aliphatic carbocycles. The minimum atomic E-state index is -0.0202. The lowest BCUT2D eigenvalue weighted by Crippen LogP contribution is -2.28. The van der Waals surface area contributed by atoms with E-state index in [4.69, 9.17) is 23.2 Å². The van der Waals surface area contributed by atoms with E-state index < -0.39 is 0 Å². The standard InChI is InChI=1S/C13H12Cl2N2O/c14-10-6-5-8(7-11(10)15)17-13(18)9-3-1-2-4-12(9)16-17/h5-7,9H,1-4H2. The van der Waals surface area contributed by atoms with Crippen molar-refractivity contribution in [3.63, 3.8) is 0 Å². The Labute approximate surface area is 115 Å². The number of anilines is 1. The zero-order valence-corrected chi connectivity index (χ0v) is 11.2. The second-order valence-electron chi connectivity index (χ2n) is 4.64. The summed E-state index contributed by atoms with van der Waals surface area (Å²) in [5.74, 6) is 0.0382. The van der Waals surface area contributed by atoms with Gasteiger partial charge in [-0.2, -0.15) is 5.10 Å². The zero-order valence-electron chi connectivity index (χ0n) is 9.70. The summed E-state index contributed by atoms with van der Waals surface area (Å²) in [7, 11) is 0. The van der Waals surface area contributed by atoms with E-state index in [0.717, 1.165) is 31.4 Å². The summed E-state index contributed by atoms with van der Waals surface area (Å²) in [6.07, 6.45) is 4.06. The van der Waals surface area contributed by atoms with Gasteiger partial charge in [-0.1, -0.05) is 29.6 Å². The van der Waals surface area contributed by atoms with Gasteiger partial charge in [-0.05, 0) is 37.5 Å². The van der Waals surface area contributed by atoms with Crippen molar-refractivity contribution in [1.29, 1.82) is 0 Å². The largest absolute Gasteiger partial charge is 0.272 e. The number of rotatable bonds is 1. The number of carbonyl (C=O) groups excluding carboxylic acids is 1. The maximum atomic E-state index is 12.3. The number of hydrazone groups is 1. The van der Waals surface area contributed by atoms with E-state index in [2.05, 4.69) is 5.10 Å². The quantitative estimate of drug-likeness (QED) is 0.769. The molecule has 2 aliphatic rings. The number of benzene rings is 1. The van der Waals surface area contributed by atoms with Crippen LogP contribution in [0.25, 0.3) is 0 Å². The third kappa shape index (κ3) is 1.91. The molecule has 1 amide bonds. The van der Waals surface area contributed by atoms with Crippen LogP contribution in [0.5, 0.6) is 0 Å². The fourth-order valence-corrected chi connectivity index (χ4v) is 2.80. The highest BCUT2D eigenvalue weighted by Crippen LogP contribution is 2.34. The van der Waals surface area contributed by atoms with Gasteiger partial charge in [0.05, 0.1) is 27.4 Å². The maximum Gasteiger partial charge on any atom is 0.256 e. The molecular formula is C13H12Cl2N2O. The molecule has 0 spiro atoms. The van der Waals surface area contributed by atoms with Crippen LogP contribution in [0.4, 0.5) is 5.69 Å². The molecule has 0 radical (unpaired) electrons. The van der Waals surface area contributed by atoms with Crippen molar-refractivity contribution in [2.75, 3.05) is 5.01 Å². The molecule has 0 aromatic heterocycles.